The molecule has 3 rings (SSSR count). The van der Waals surface area contributed by atoms with E-state index in [0.29, 0.717) is 30.7 Å². The second kappa shape index (κ2) is 10.3. The monoisotopic (exact) mass is 485 g/mol. The zero-order valence-electron chi connectivity index (χ0n) is 19.6. The number of halogens is 4. The molecule has 6 nitrogen and oxygen atoms in total. The summed E-state index contributed by atoms with van der Waals surface area (Å²) in [5, 5.41) is 13.3. The van der Waals surface area contributed by atoms with Gasteiger partial charge in [0.25, 0.3) is 5.91 Å². The van der Waals surface area contributed by atoms with Gasteiger partial charge in [0.15, 0.2) is 5.69 Å². The molecular formula is C24H31F4N3O3. The van der Waals surface area contributed by atoms with Crippen LogP contribution < -0.4 is 10.1 Å². The minimum Gasteiger partial charge on any atom is -0.495 e. The van der Waals surface area contributed by atoms with Crippen molar-refractivity contribution >= 4 is 5.91 Å². The van der Waals surface area contributed by atoms with Crippen molar-refractivity contribution in [3.8, 4) is 11.4 Å². The standard InChI is InChI=1S/C24H31F4N3O3/c1-4-19-30-20(22(32)29-14-23(33)10-7-15(2)8-11-23)21(25)31(19)17-6-5-16(13-18(17)34-3)9-12-24(26,27)28/h5-6,13,15,33H,4,7-12,14H2,1-3H3,(H,29,32). The van der Waals surface area contributed by atoms with Crippen LogP contribution in [0.25, 0.3) is 5.69 Å². The first kappa shape index (κ1) is 26.0. The lowest BCUT2D eigenvalue weighted by molar-refractivity contribution is -0.134. The molecule has 188 valence electrons. The summed E-state index contributed by atoms with van der Waals surface area (Å²) >= 11 is 0. The summed E-state index contributed by atoms with van der Waals surface area (Å²) < 4.78 is 59.6. The Balaban J connectivity index is 1.83. The molecule has 0 unspecified atom stereocenters. The Bertz CT molecular complexity index is 1010. The number of imidazole rings is 1. The van der Waals surface area contributed by atoms with Crippen molar-refractivity contribution in [1.29, 1.82) is 0 Å². The van der Waals surface area contributed by atoms with Gasteiger partial charge in [-0.2, -0.15) is 17.6 Å². The van der Waals surface area contributed by atoms with Gasteiger partial charge in [-0.05, 0) is 55.7 Å². The molecule has 1 aliphatic rings. The van der Waals surface area contributed by atoms with Gasteiger partial charge in [0.1, 0.15) is 11.6 Å². The molecule has 1 fully saturated rings. The predicted octanol–water partition coefficient (Wildman–Crippen LogP) is 4.75. The summed E-state index contributed by atoms with van der Waals surface area (Å²) in [6.07, 6.45) is -2.38. The van der Waals surface area contributed by atoms with E-state index in [0.717, 1.165) is 17.4 Å². The Morgan fingerprint density at radius 2 is 2.00 bits per heavy atom. The fourth-order valence-electron chi connectivity index (χ4n) is 4.22. The van der Waals surface area contributed by atoms with E-state index in [9.17, 15) is 23.1 Å². The van der Waals surface area contributed by atoms with Crippen LogP contribution in [0, 0.1) is 11.9 Å². The van der Waals surface area contributed by atoms with Crippen molar-refractivity contribution in [1.82, 2.24) is 14.9 Å². The number of nitrogens with zero attached hydrogens (tertiary/aromatic N) is 2. The van der Waals surface area contributed by atoms with Gasteiger partial charge in [-0.3, -0.25) is 9.36 Å². The maximum Gasteiger partial charge on any atom is 0.389 e. The SMILES string of the molecule is CCc1nc(C(=O)NCC2(O)CCC(C)CC2)c(F)n1-c1ccc(CCC(F)(F)F)cc1OC. The number of methoxy groups -OCH3 is 1. The molecule has 0 spiro atoms. The maximum atomic E-state index is 15.4. The van der Waals surface area contributed by atoms with E-state index in [1.165, 1.54) is 25.3 Å². The normalized spacial score (nSPS) is 20.9. The first-order chi connectivity index (χ1) is 16.0. The van der Waals surface area contributed by atoms with Crippen molar-refractivity contribution in [3.05, 3.63) is 41.2 Å². The van der Waals surface area contributed by atoms with E-state index in [4.69, 9.17) is 4.74 Å². The maximum absolute atomic E-state index is 15.4. The van der Waals surface area contributed by atoms with Crippen LogP contribution >= 0.6 is 0 Å². The van der Waals surface area contributed by atoms with Gasteiger partial charge in [0.05, 0.1) is 18.4 Å². The number of carbonyl (C=O) groups excluding carboxylic acids is 1. The topological polar surface area (TPSA) is 76.4 Å². The molecule has 10 heteroatoms. The van der Waals surface area contributed by atoms with Crippen LogP contribution in [-0.4, -0.2) is 46.0 Å². The molecule has 0 bridgehead atoms. The number of ether oxygens (including phenoxy) is 1. The van der Waals surface area contributed by atoms with Crippen molar-refractivity contribution in [2.45, 2.75) is 70.6 Å². The van der Waals surface area contributed by atoms with Crippen LogP contribution in [0.2, 0.25) is 0 Å². The summed E-state index contributed by atoms with van der Waals surface area (Å²) in [6.45, 7) is 3.86. The number of hydrogen-bond acceptors (Lipinski definition) is 4. The molecule has 0 atom stereocenters. The van der Waals surface area contributed by atoms with Gasteiger partial charge < -0.3 is 15.2 Å². The second-order valence-electron chi connectivity index (χ2n) is 9.07. The quantitative estimate of drug-likeness (QED) is 0.530. The first-order valence-electron chi connectivity index (χ1n) is 11.5. The number of nitrogens with one attached hydrogen (secondary N) is 1. The van der Waals surface area contributed by atoms with Gasteiger partial charge in [0.2, 0.25) is 5.95 Å². The molecule has 0 saturated heterocycles. The molecule has 1 aliphatic carbocycles. The number of aryl methyl sites for hydroxylation is 2. The first-order valence-corrected chi connectivity index (χ1v) is 11.5. The van der Waals surface area contributed by atoms with Gasteiger partial charge in [-0.15, -0.1) is 0 Å². The Morgan fingerprint density at radius 1 is 1.32 bits per heavy atom. The number of amides is 1. The molecule has 34 heavy (non-hydrogen) atoms. The van der Waals surface area contributed by atoms with Crippen LogP contribution in [0.3, 0.4) is 0 Å². The summed E-state index contributed by atoms with van der Waals surface area (Å²) in [4.78, 5) is 16.9. The highest BCUT2D eigenvalue weighted by Crippen LogP contribution is 2.32. The molecule has 1 amide bonds. The third kappa shape index (κ3) is 6.08. The summed E-state index contributed by atoms with van der Waals surface area (Å²) in [7, 11) is 1.34. The zero-order chi connectivity index (χ0) is 25.1. The highest BCUT2D eigenvalue weighted by Gasteiger charge is 2.33. The Labute approximate surface area is 196 Å². The number of rotatable bonds is 8. The van der Waals surface area contributed by atoms with Gasteiger partial charge >= 0.3 is 6.18 Å². The molecular weight excluding hydrogens is 454 g/mol. The molecule has 2 aromatic rings. The molecule has 1 heterocycles. The van der Waals surface area contributed by atoms with Crippen molar-refractivity contribution in [2.75, 3.05) is 13.7 Å². The van der Waals surface area contributed by atoms with E-state index in [1.54, 1.807) is 6.92 Å². The van der Waals surface area contributed by atoms with E-state index in [2.05, 4.69) is 17.2 Å². The minimum atomic E-state index is -4.29. The number of aromatic nitrogens is 2. The lowest BCUT2D eigenvalue weighted by Crippen LogP contribution is -2.45. The van der Waals surface area contributed by atoms with E-state index < -0.39 is 35.7 Å². The number of alkyl halides is 3. The smallest absolute Gasteiger partial charge is 0.389 e. The third-order valence-electron chi connectivity index (χ3n) is 6.39. The lowest BCUT2D eigenvalue weighted by atomic mass is 9.79. The van der Waals surface area contributed by atoms with Crippen molar-refractivity contribution in [3.63, 3.8) is 0 Å². The molecule has 1 aromatic heterocycles. The Kier molecular flexibility index (Phi) is 7.90. The molecule has 0 aliphatic heterocycles. The Hall–Kier alpha value is -2.62. The Morgan fingerprint density at radius 3 is 2.59 bits per heavy atom. The van der Waals surface area contributed by atoms with Crippen LogP contribution in [0.15, 0.2) is 18.2 Å². The van der Waals surface area contributed by atoms with Crippen molar-refractivity contribution < 1.29 is 32.2 Å². The molecule has 1 saturated carbocycles. The number of aliphatic hydroxyl groups is 1. The van der Waals surface area contributed by atoms with Gasteiger partial charge in [-0.1, -0.05) is 19.9 Å². The molecule has 2 N–H and O–H groups in total. The van der Waals surface area contributed by atoms with Crippen molar-refractivity contribution in [2.24, 2.45) is 5.92 Å². The second-order valence-corrected chi connectivity index (χ2v) is 9.07. The highest BCUT2D eigenvalue weighted by molar-refractivity contribution is 5.92. The van der Waals surface area contributed by atoms with Gasteiger partial charge in [0, 0.05) is 19.4 Å². The lowest BCUT2D eigenvalue weighted by Gasteiger charge is -2.34. The number of hydrogen-bond donors (Lipinski definition) is 2. The van der Waals surface area contributed by atoms with Crippen LogP contribution in [0.4, 0.5) is 17.6 Å². The summed E-state index contributed by atoms with van der Waals surface area (Å²) in [6, 6.07) is 4.36. The average Bonchev–Trinajstić information content (AvgIpc) is 3.13. The fraction of sp³-hybridized carbons (Fsp3) is 0.583. The molecule has 1 aromatic carbocycles. The van der Waals surface area contributed by atoms with Crippen LogP contribution in [0.1, 0.15) is 67.8 Å². The van der Waals surface area contributed by atoms with E-state index in [-0.39, 0.29) is 30.2 Å². The predicted molar refractivity (Wildman–Crippen MR) is 119 cm³/mol. The molecule has 0 radical (unpaired) electrons. The average molecular weight is 486 g/mol. The summed E-state index contributed by atoms with van der Waals surface area (Å²) in [5.74, 6) is -0.692. The fourth-order valence-corrected chi connectivity index (χ4v) is 4.22. The highest BCUT2D eigenvalue weighted by atomic mass is 19.4. The van der Waals surface area contributed by atoms with E-state index >= 15 is 4.39 Å². The number of carbonyl (C=O) groups is 1. The minimum absolute atomic E-state index is 0.00351. The van der Waals surface area contributed by atoms with E-state index in [1.807, 2.05) is 0 Å². The summed E-state index contributed by atoms with van der Waals surface area (Å²) in [5.41, 5.74) is -0.805. The van der Waals surface area contributed by atoms with Crippen LogP contribution in [-0.2, 0) is 12.8 Å². The zero-order valence-corrected chi connectivity index (χ0v) is 19.6. The van der Waals surface area contributed by atoms with Gasteiger partial charge in [-0.25, -0.2) is 4.98 Å². The third-order valence-corrected chi connectivity index (χ3v) is 6.39. The largest absolute Gasteiger partial charge is 0.495 e. The number of benzene rings is 1. The van der Waals surface area contributed by atoms with Crippen LogP contribution in [0.5, 0.6) is 5.75 Å².